The first-order valence-electron chi connectivity index (χ1n) is 6.57. The largest absolute Gasteiger partial charge is 0.349 e. The molecule has 5 nitrogen and oxygen atoms in total. The Balaban J connectivity index is 2.51. The Morgan fingerprint density at radius 3 is 2.28 bits per heavy atom. The normalized spacial score (nSPS) is 18.8. The van der Waals surface area contributed by atoms with E-state index in [1.54, 1.807) is 23.3 Å². The number of carbonyl (C=O) groups excluding carboxylic acids is 1. The van der Waals surface area contributed by atoms with Crippen molar-refractivity contribution in [2.45, 2.75) is 32.6 Å². The molecule has 1 aliphatic rings. The summed E-state index contributed by atoms with van der Waals surface area (Å²) in [7, 11) is 0.379. The fourth-order valence-corrected chi connectivity index (χ4v) is 3.88. The van der Waals surface area contributed by atoms with Crippen molar-refractivity contribution < 1.29 is 13.2 Å². The number of amides is 1. The van der Waals surface area contributed by atoms with Gasteiger partial charge in [0.2, 0.25) is 15.9 Å². The summed E-state index contributed by atoms with van der Waals surface area (Å²) in [5, 5.41) is 0. The van der Waals surface area contributed by atoms with Gasteiger partial charge >= 0.3 is 0 Å². The maximum Gasteiger partial charge on any atom is 0.225 e. The van der Waals surface area contributed by atoms with E-state index in [-0.39, 0.29) is 17.6 Å². The predicted octanol–water partition coefficient (Wildman–Crippen LogP) is 0.917. The highest BCUT2D eigenvalue weighted by atomic mass is 32.2. The van der Waals surface area contributed by atoms with Crippen LogP contribution in [-0.2, 0) is 14.8 Å². The summed E-state index contributed by atoms with van der Waals surface area (Å²) in [4.78, 5) is 13.4. The van der Waals surface area contributed by atoms with Gasteiger partial charge in [-0.2, -0.15) is 0 Å². The lowest BCUT2D eigenvalue weighted by atomic mass is 9.97. The second-order valence-electron chi connectivity index (χ2n) is 5.08. The lowest BCUT2D eigenvalue weighted by Gasteiger charge is -2.31. The third-order valence-corrected chi connectivity index (χ3v) is 5.35. The van der Waals surface area contributed by atoms with Gasteiger partial charge in [-0.1, -0.05) is 13.3 Å². The van der Waals surface area contributed by atoms with E-state index in [0.717, 1.165) is 6.42 Å². The Morgan fingerprint density at radius 2 is 1.83 bits per heavy atom. The minimum Gasteiger partial charge on any atom is -0.349 e. The van der Waals surface area contributed by atoms with E-state index < -0.39 is 10.0 Å². The Morgan fingerprint density at radius 1 is 1.28 bits per heavy atom. The number of carbonyl (C=O) groups is 1. The van der Waals surface area contributed by atoms with Gasteiger partial charge in [-0.25, -0.2) is 12.7 Å². The number of nitrogens with zero attached hydrogens (tertiary/aromatic N) is 2. The molecule has 0 bridgehead atoms. The van der Waals surface area contributed by atoms with Crippen LogP contribution in [0.15, 0.2) is 0 Å². The second kappa shape index (κ2) is 6.52. The molecule has 0 N–H and O–H groups in total. The summed E-state index contributed by atoms with van der Waals surface area (Å²) >= 11 is 0. The number of sulfonamides is 1. The summed E-state index contributed by atoms with van der Waals surface area (Å²) < 4.78 is 25.5. The number of unbranched alkanes of at least 4 members (excludes halogenated alkanes) is 1. The highest BCUT2D eigenvalue weighted by molar-refractivity contribution is 7.89. The fourth-order valence-electron chi connectivity index (χ4n) is 2.20. The molecule has 1 heterocycles. The average molecular weight is 276 g/mol. The number of rotatable bonds is 5. The SMILES string of the molecule is CCCCS(=O)(=O)N1CCC(C(=O)N(C)C)CC1. The monoisotopic (exact) mass is 276 g/mol. The van der Waals surface area contributed by atoms with Crippen molar-refractivity contribution in [2.75, 3.05) is 32.9 Å². The van der Waals surface area contributed by atoms with Gasteiger partial charge in [-0.05, 0) is 19.3 Å². The maximum atomic E-state index is 12.0. The van der Waals surface area contributed by atoms with E-state index in [4.69, 9.17) is 0 Å². The molecule has 1 fully saturated rings. The molecule has 1 rings (SSSR count). The molecule has 106 valence electrons. The van der Waals surface area contributed by atoms with Gasteiger partial charge in [-0.15, -0.1) is 0 Å². The zero-order valence-corrected chi connectivity index (χ0v) is 12.4. The predicted molar refractivity (Wildman–Crippen MR) is 71.7 cm³/mol. The average Bonchev–Trinajstić information content (AvgIpc) is 2.35. The molecule has 0 spiro atoms. The molecule has 6 heteroatoms. The van der Waals surface area contributed by atoms with Crippen LogP contribution in [0.4, 0.5) is 0 Å². The quantitative estimate of drug-likeness (QED) is 0.750. The Hall–Kier alpha value is -0.620. The van der Waals surface area contributed by atoms with Gasteiger partial charge in [0, 0.05) is 33.1 Å². The van der Waals surface area contributed by atoms with E-state index in [2.05, 4.69) is 0 Å². The van der Waals surface area contributed by atoms with E-state index in [1.807, 2.05) is 6.92 Å². The van der Waals surface area contributed by atoms with Gasteiger partial charge in [0.1, 0.15) is 0 Å². The molecular formula is C12H24N2O3S. The lowest BCUT2D eigenvalue weighted by molar-refractivity contribution is -0.134. The molecule has 0 aromatic rings. The molecule has 18 heavy (non-hydrogen) atoms. The topological polar surface area (TPSA) is 57.7 Å². The standard InChI is InChI=1S/C12H24N2O3S/c1-4-5-10-18(16,17)14-8-6-11(7-9-14)12(15)13(2)3/h11H,4-10H2,1-3H3. The minimum atomic E-state index is -3.11. The molecule has 1 amide bonds. The van der Waals surface area contributed by atoms with E-state index in [9.17, 15) is 13.2 Å². The maximum absolute atomic E-state index is 12.0. The first-order valence-corrected chi connectivity index (χ1v) is 8.18. The number of hydrogen-bond acceptors (Lipinski definition) is 3. The molecule has 0 radical (unpaired) electrons. The van der Waals surface area contributed by atoms with Crippen LogP contribution in [0.25, 0.3) is 0 Å². The van der Waals surface area contributed by atoms with E-state index in [0.29, 0.717) is 32.4 Å². The third-order valence-electron chi connectivity index (χ3n) is 3.39. The summed E-state index contributed by atoms with van der Waals surface area (Å²) in [6.45, 7) is 2.95. The Bertz CT molecular complexity index is 371. The fraction of sp³-hybridized carbons (Fsp3) is 0.917. The van der Waals surface area contributed by atoms with Crippen molar-refractivity contribution in [2.24, 2.45) is 5.92 Å². The molecule has 0 aromatic heterocycles. The zero-order chi connectivity index (χ0) is 13.8. The third kappa shape index (κ3) is 3.95. The van der Waals surface area contributed by atoms with Crippen molar-refractivity contribution >= 4 is 15.9 Å². The molecule has 0 aliphatic carbocycles. The van der Waals surface area contributed by atoms with Crippen molar-refractivity contribution in [1.29, 1.82) is 0 Å². The molecule has 0 aromatic carbocycles. The first kappa shape index (κ1) is 15.4. The number of hydrogen-bond donors (Lipinski definition) is 0. The van der Waals surface area contributed by atoms with Crippen LogP contribution in [0.5, 0.6) is 0 Å². The van der Waals surface area contributed by atoms with Crippen LogP contribution in [0.2, 0.25) is 0 Å². The highest BCUT2D eigenvalue weighted by Gasteiger charge is 2.31. The van der Waals surface area contributed by atoms with Gasteiger partial charge in [-0.3, -0.25) is 4.79 Å². The molecule has 0 atom stereocenters. The van der Waals surface area contributed by atoms with Crippen molar-refractivity contribution in [3.8, 4) is 0 Å². The van der Waals surface area contributed by atoms with E-state index in [1.165, 1.54) is 0 Å². The summed E-state index contributed by atoms with van der Waals surface area (Å²) in [5.41, 5.74) is 0. The van der Waals surface area contributed by atoms with Crippen LogP contribution in [0.1, 0.15) is 32.6 Å². The molecule has 0 saturated carbocycles. The summed E-state index contributed by atoms with van der Waals surface area (Å²) in [6, 6.07) is 0. The molecule has 1 aliphatic heterocycles. The van der Waals surface area contributed by atoms with Gasteiger partial charge < -0.3 is 4.90 Å². The minimum absolute atomic E-state index is 0.0161. The Labute approximate surface area is 110 Å². The van der Waals surface area contributed by atoms with Crippen LogP contribution in [0.3, 0.4) is 0 Å². The van der Waals surface area contributed by atoms with Gasteiger partial charge in [0.15, 0.2) is 0 Å². The van der Waals surface area contributed by atoms with Crippen molar-refractivity contribution in [3.63, 3.8) is 0 Å². The lowest BCUT2D eigenvalue weighted by Crippen LogP contribution is -2.43. The highest BCUT2D eigenvalue weighted by Crippen LogP contribution is 2.21. The second-order valence-corrected chi connectivity index (χ2v) is 7.16. The van der Waals surface area contributed by atoms with E-state index >= 15 is 0 Å². The van der Waals surface area contributed by atoms with Crippen molar-refractivity contribution in [1.82, 2.24) is 9.21 Å². The van der Waals surface area contributed by atoms with Crippen LogP contribution in [0, 0.1) is 5.92 Å². The van der Waals surface area contributed by atoms with Gasteiger partial charge in [0.05, 0.1) is 5.75 Å². The van der Waals surface area contributed by atoms with Crippen LogP contribution < -0.4 is 0 Å². The van der Waals surface area contributed by atoms with Crippen LogP contribution >= 0.6 is 0 Å². The van der Waals surface area contributed by atoms with Gasteiger partial charge in [0.25, 0.3) is 0 Å². The summed E-state index contributed by atoms with van der Waals surface area (Å²) in [5.74, 6) is 0.328. The smallest absolute Gasteiger partial charge is 0.225 e. The van der Waals surface area contributed by atoms with Crippen LogP contribution in [-0.4, -0.2) is 56.5 Å². The molecular weight excluding hydrogens is 252 g/mol. The first-order chi connectivity index (χ1) is 8.38. The Kier molecular flexibility index (Phi) is 5.59. The zero-order valence-electron chi connectivity index (χ0n) is 11.6. The molecule has 1 saturated heterocycles. The summed E-state index contributed by atoms with van der Waals surface area (Å²) in [6.07, 6.45) is 2.87. The number of piperidine rings is 1. The molecule has 0 unspecified atom stereocenters. The van der Waals surface area contributed by atoms with Crippen molar-refractivity contribution in [3.05, 3.63) is 0 Å².